The van der Waals surface area contributed by atoms with Crippen LogP contribution in [0.3, 0.4) is 0 Å². The van der Waals surface area contributed by atoms with Crippen LogP contribution in [-0.4, -0.2) is 29.4 Å². The Labute approximate surface area is 86.9 Å². The lowest BCUT2D eigenvalue weighted by atomic mass is 10.1. The number of hydrogen-bond donors (Lipinski definition) is 1. The fourth-order valence-electron chi connectivity index (χ4n) is 1.58. The van der Waals surface area contributed by atoms with Crippen molar-refractivity contribution in [3.63, 3.8) is 0 Å². The summed E-state index contributed by atoms with van der Waals surface area (Å²) in [6, 6.07) is 0. The molecule has 1 saturated heterocycles. The molecule has 0 aromatic carbocycles. The molecule has 0 saturated carbocycles. The van der Waals surface area contributed by atoms with Crippen molar-refractivity contribution in [2.45, 2.75) is 19.5 Å². The van der Waals surface area contributed by atoms with Crippen molar-refractivity contribution in [3.05, 3.63) is 16.1 Å². The average molecular weight is 211 g/mol. The topological polar surface area (TPSA) is 45.2 Å². The van der Waals surface area contributed by atoms with Crippen molar-refractivity contribution in [3.8, 4) is 0 Å². The molecule has 1 fully saturated rings. The summed E-state index contributed by atoms with van der Waals surface area (Å²) in [4.78, 5) is 17.5. The Morgan fingerprint density at radius 1 is 1.71 bits per heavy atom. The third-order valence-electron chi connectivity index (χ3n) is 2.75. The van der Waals surface area contributed by atoms with Crippen LogP contribution < -0.4 is 5.32 Å². The third-order valence-corrected chi connectivity index (χ3v) is 3.52. The largest absolute Gasteiger partial charge is 0.321 e. The maximum absolute atomic E-state index is 11.4. The van der Waals surface area contributed by atoms with Gasteiger partial charge in [0.15, 0.2) is 0 Å². The number of likely N-dealkylation sites (N-methyl/N-ethyl adjacent to an activating group) is 1. The molecule has 14 heavy (non-hydrogen) atoms. The van der Waals surface area contributed by atoms with Gasteiger partial charge in [0, 0.05) is 12.4 Å². The van der Waals surface area contributed by atoms with Gasteiger partial charge in [0.25, 0.3) is 0 Å². The summed E-state index contributed by atoms with van der Waals surface area (Å²) >= 11 is 1.60. The Bertz CT molecular complexity index is 376. The lowest BCUT2D eigenvalue weighted by Gasteiger charge is -2.30. The molecule has 1 aromatic heterocycles. The van der Waals surface area contributed by atoms with E-state index in [-0.39, 0.29) is 5.91 Å². The van der Waals surface area contributed by atoms with Crippen LogP contribution in [0.5, 0.6) is 0 Å². The molecular weight excluding hydrogens is 198 g/mol. The molecule has 0 spiro atoms. The maximum atomic E-state index is 11.4. The highest BCUT2D eigenvalue weighted by atomic mass is 32.1. The van der Waals surface area contributed by atoms with Crippen molar-refractivity contribution in [2.75, 3.05) is 13.6 Å². The molecule has 0 bridgehead atoms. The number of nitrogens with zero attached hydrogens (tertiary/aromatic N) is 2. The second kappa shape index (κ2) is 3.03. The first-order valence-corrected chi connectivity index (χ1v) is 5.36. The monoisotopic (exact) mass is 211 g/mol. The summed E-state index contributed by atoms with van der Waals surface area (Å²) in [5.74, 6) is 0.109. The van der Waals surface area contributed by atoms with Gasteiger partial charge in [-0.15, -0.1) is 11.3 Å². The molecule has 4 nitrogen and oxygen atoms in total. The van der Waals surface area contributed by atoms with Gasteiger partial charge < -0.3 is 4.90 Å². The minimum absolute atomic E-state index is 0.109. The van der Waals surface area contributed by atoms with E-state index in [1.54, 1.807) is 23.3 Å². The first-order chi connectivity index (χ1) is 6.54. The van der Waals surface area contributed by atoms with Gasteiger partial charge in [0.05, 0.1) is 17.2 Å². The predicted octanol–water partition coefficient (Wildman–Crippen LogP) is 0.686. The fourth-order valence-corrected chi connectivity index (χ4v) is 2.30. The molecule has 2 heterocycles. The van der Waals surface area contributed by atoms with E-state index in [4.69, 9.17) is 0 Å². The van der Waals surface area contributed by atoms with Crippen LogP contribution in [0.2, 0.25) is 0 Å². The molecule has 1 aromatic rings. The van der Waals surface area contributed by atoms with Crippen LogP contribution in [0.1, 0.15) is 17.6 Å². The zero-order valence-corrected chi connectivity index (χ0v) is 9.31. The minimum Gasteiger partial charge on any atom is -0.321 e. The first-order valence-electron chi connectivity index (χ1n) is 4.48. The first kappa shape index (κ1) is 9.61. The Morgan fingerprint density at radius 3 is 2.86 bits per heavy atom. The van der Waals surface area contributed by atoms with E-state index in [1.807, 2.05) is 19.2 Å². The lowest BCUT2D eigenvalue weighted by Crippen LogP contribution is -2.44. The fraction of sp³-hybridized carbons (Fsp3) is 0.556. The zero-order chi connectivity index (χ0) is 10.3. The molecule has 0 aliphatic carbocycles. The maximum Gasteiger partial charge on any atom is 0.238 e. The molecule has 1 unspecified atom stereocenters. The molecule has 1 aliphatic heterocycles. The van der Waals surface area contributed by atoms with Crippen molar-refractivity contribution < 1.29 is 4.79 Å². The number of carbonyl (C=O) groups excluding carboxylic acids is 1. The molecule has 1 amide bonds. The van der Waals surface area contributed by atoms with Crippen LogP contribution in [0.15, 0.2) is 5.38 Å². The smallest absolute Gasteiger partial charge is 0.238 e. The van der Waals surface area contributed by atoms with E-state index in [9.17, 15) is 4.79 Å². The second-order valence-electron chi connectivity index (χ2n) is 3.63. The molecule has 76 valence electrons. The Balaban J connectivity index is 2.38. The van der Waals surface area contributed by atoms with Gasteiger partial charge in [-0.1, -0.05) is 0 Å². The van der Waals surface area contributed by atoms with Crippen LogP contribution in [0.25, 0.3) is 0 Å². The van der Waals surface area contributed by atoms with E-state index in [0.717, 1.165) is 10.7 Å². The van der Waals surface area contributed by atoms with Crippen LogP contribution >= 0.6 is 11.3 Å². The quantitative estimate of drug-likeness (QED) is 0.743. The van der Waals surface area contributed by atoms with Gasteiger partial charge in [0.2, 0.25) is 5.91 Å². The predicted molar refractivity (Wildman–Crippen MR) is 55.0 cm³/mol. The van der Waals surface area contributed by atoms with Crippen molar-refractivity contribution in [1.82, 2.24) is 15.2 Å². The Morgan fingerprint density at radius 2 is 2.43 bits per heavy atom. The van der Waals surface area contributed by atoms with Gasteiger partial charge in [0.1, 0.15) is 5.66 Å². The third kappa shape index (κ3) is 1.24. The number of aryl methyl sites for hydroxylation is 1. The molecule has 5 heteroatoms. The van der Waals surface area contributed by atoms with Crippen LogP contribution in [-0.2, 0) is 10.5 Å². The van der Waals surface area contributed by atoms with Gasteiger partial charge in [-0.2, -0.15) is 0 Å². The summed E-state index contributed by atoms with van der Waals surface area (Å²) in [6.07, 6.45) is 0. The standard InChI is InChI=1S/C9H13N3OS/c1-6-11-7(5-14-6)9(2)10-4-8(13)12(9)3/h5,10H,4H2,1-3H3. The second-order valence-corrected chi connectivity index (χ2v) is 4.69. The van der Waals surface area contributed by atoms with Crippen LogP contribution in [0, 0.1) is 6.92 Å². The van der Waals surface area contributed by atoms with E-state index < -0.39 is 5.66 Å². The highest BCUT2D eigenvalue weighted by Gasteiger charge is 2.41. The molecule has 0 radical (unpaired) electrons. The van der Waals surface area contributed by atoms with E-state index >= 15 is 0 Å². The number of thiazole rings is 1. The molecule has 1 atom stereocenters. The molecule has 1 aliphatic rings. The van der Waals surface area contributed by atoms with Gasteiger partial charge in [-0.25, -0.2) is 4.98 Å². The number of amides is 1. The molecule has 1 N–H and O–H groups in total. The number of carbonyl (C=O) groups is 1. The van der Waals surface area contributed by atoms with Crippen molar-refractivity contribution in [2.24, 2.45) is 0 Å². The van der Waals surface area contributed by atoms with Crippen molar-refractivity contribution in [1.29, 1.82) is 0 Å². The van der Waals surface area contributed by atoms with Crippen molar-refractivity contribution >= 4 is 17.2 Å². The SMILES string of the molecule is Cc1nc(C2(C)NCC(=O)N2C)cs1. The normalized spacial score (nSPS) is 27.4. The number of nitrogens with one attached hydrogen (secondary N) is 1. The Hall–Kier alpha value is -0.940. The summed E-state index contributed by atoms with van der Waals surface area (Å²) in [7, 11) is 1.80. The van der Waals surface area contributed by atoms with Gasteiger partial charge >= 0.3 is 0 Å². The van der Waals surface area contributed by atoms with E-state index in [0.29, 0.717) is 6.54 Å². The molecule has 2 rings (SSSR count). The minimum atomic E-state index is -0.429. The van der Waals surface area contributed by atoms with E-state index in [1.165, 1.54) is 0 Å². The lowest BCUT2D eigenvalue weighted by molar-refractivity contribution is -0.128. The number of rotatable bonds is 1. The van der Waals surface area contributed by atoms with E-state index in [2.05, 4.69) is 10.3 Å². The number of hydrogen-bond acceptors (Lipinski definition) is 4. The highest BCUT2D eigenvalue weighted by Crippen LogP contribution is 2.28. The molecular formula is C9H13N3OS. The van der Waals surface area contributed by atoms with Gasteiger partial charge in [-0.3, -0.25) is 10.1 Å². The summed E-state index contributed by atoms with van der Waals surface area (Å²) in [5, 5.41) is 6.20. The zero-order valence-electron chi connectivity index (χ0n) is 8.50. The summed E-state index contributed by atoms with van der Waals surface area (Å²) < 4.78 is 0. The van der Waals surface area contributed by atoms with Gasteiger partial charge in [-0.05, 0) is 13.8 Å². The average Bonchev–Trinajstić information content (AvgIpc) is 2.68. The highest BCUT2D eigenvalue weighted by molar-refractivity contribution is 7.09. The Kier molecular flexibility index (Phi) is 2.08. The summed E-state index contributed by atoms with van der Waals surface area (Å²) in [5.41, 5.74) is 0.496. The van der Waals surface area contributed by atoms with Crippen LogP contribution in [0.4, 0.5) is 0 Å². The number of aromatic nitrogens is 1. The summed E-state index contributed by atoms with van der Waals surface area (Å²) in [6.45, 7) is 4.34.